The van der Waals surface area contributed by atoms with Gasteiger partial charge in [-0.25, -0.2) is 0 Å². The predicted octanol–water partition coefficient (Wildman–Crippen LogP) is 4.73. The number of methoxy groups -OCH3 is 2. The fourth-order valence-electron chi connectivity index (χ4n) is 1.82. The molecule has 106 valence electrons. The average Bonchev–Trinajstić information content (AvgIpc) is 2.46. The van der Waals surface area contributed by atoms with E-state index in [2.05, 4.69) is 21.2 Å². The molecular weight excluding hydrogens is 342 g/mol. The van der Waals surface area contributed by atoms with E-state index in [1.54, 1.807) is 20.3 Å². The van der Waals surface area contributed by atoms with E-state index in [1.165, 1.54) is 0 Å². The van der Waals surface area contributed by atoms with Crippen LogP contribution in [0.4, 0.5) is 5.69 Å². The van der Waals surface area contributed by atoms with Crippen LogP contribution >= 0.6 is 27.5 Å². The molecule has 2 aromatic rings. The molecule has 0 saturated carbocycles. The highest BCUT2D eigenvalue weighted by molar-refractivity contribution is 9.10. The van der Waals surface area contributed by atoms with Crippen LogP contribution in [0.1, 0.15) is 5.56 Å². The van der Waals surface area contributed by atoms with Gasteiger partial charge in [-0.2, -0.15) is 0 Å². The highest BCUT2D eigenvalue weighted by Crippen LogP contribution is 2.29. The van der Waals surface area contributed by atoms with E-state index in [4.69, 9.17) is 21.1 Å². The number of benzene rings is 2. The largest absolute Gasteiger partial charge is 0.497 e. The third kappa shape index (κ3) is 3.58. The number of hydrogen-bond donors (Lipinski definition) is 1. The summed E-state index contributed by atoms with van der Waals surface area (Å²) in [5.41, 5.74) is 1.95. The molecule has 0 fully saturated rings. The first-order chi connectivity index (χ1) is 9.63. The molecule has 3 nitrogen and oxygen atoms in total. The molecule has 0 aliphatic carbocycles. The van der Waals surface area contributed by atoms with Crippen LogP contribution in [0.2, 0.25) is 5.02 Å². The fourth-order valence-corrected chi connectivity index (χ4v) is 2.38. The number of halogens is 2. The first kappa shape index (κ1) is 15.0. The smallest absolute Gasteiger partial charge is 0.142 e. The summed E-state index contributed by atoms with van der Waals surface area (Å²) in [6.07, 6.45) is 0. The van der Waals surface area contributed by atoms with Crippen molar-refractivity contribution < 1.29 is 9.47 Å². The van der Waals surface area contributed by atoms with Gasteiger partial charge in [0.05, 0.1) is 19.9 Å². The summed E-state index contributed by atoms with van der Waals surface area (Å²) < 4.78 is 11.6. The van der Waals surface area contributed by atoms with E-state index in [1.807, 2.05) is 30.3 Å². The number of anilines is 1. The Bertz CT molecular complexity index is 604. The molecule has 2 rings (SSSR count). The average molecular weight is 357 g/mol. The summed E-state index contributed by atoms with van der Waals surface area (Å²) >= 11 is 9.54. The summed E-state index contributed by atoms with van der Waals surface area (Å²) in [5, 5.41) is 3.98. The van der Waals surface area contributed by atoms with Crippen LogP contribution in [0.25, 0.3) is 0 Å². The van der Waals surface area contributed by atoms with E-state index >= 15 is 0 Å². The Labute approximate surface area is 132 Å². The van der Waals surface area contributed by atoms with Crippen LogP contribution in [-0.4, -0.2) is 14.2 Å². The highest BCUT2D eigenvalue weighted by Gasteiger charge is 2.06. The number of rotatable bonds is 5. The topological polar surface area (TPSA) is 30.5 Å². The standard InChI is InChI=1S/C15H15BrClNO2/c1-19-12-4-5-13(16)10(7-12)9-18-14-8-11(17)3-6-15(14)20-2/h3-8,18H,9H2,1-2H3. The SMILES string of the molecule is COc1ccc(Br)c(CNc2cc(Cl)ccc2OC)c1. The monoisotopic (exact) mass is 355 g/mol. The molecular formula is C15H15BrClNO2. The summed E-state index contributed by atoms with van der Waals surface area (Å²) in [7, 11) is 3.29. The number of nitrogens with one attached hydrogen (secondary N) is 1. The summed E-state index contributed by atoms with van der Waals surface area (Å²) in [6.45, 7) is 0.633. The molecule has 5 heteroatoms. The lowest BCUT2D eigenvalue weighted by Gasteiger charge is -2.13. The maximum atomic E-state index is 6.01. The van der Waals surface area contributed by atoms with Gasteiger partial charge in [0.2, 0.25) is 0 Å². The van der Waals surface area contributed by atoms with Gasteiger partial charge in [0.1, 0.15) is 11.5 Å². The Morgan fingerprint density at radius 1 is 1.10 bits per heavy atom. The van der Waals surface area contributed by atoms with Gasteiger partial charge < -0.3 is 14.8 Å². The molecule has 0 unspecified atom stereocenters. The van der Waals surface area contributed by atoms with Gasteiger partial charge in [0.15, 0.2) is 0 Å². The predicted molar refractivity (Wildman–Crippen MR) is 86.0 cm³/mol. The van der Waals surface area contributed by atoms with Crippen molar-refractivity contribution >= 4 is 33.2 Å². The van der Waals surface area contributed by atoms with Crippen LogP contribution < -0.4 is 14.8 Å². The van der Waals surface area contributed by atoms with Gasteiger partial charge in [-0.3, -0.25) is 0 Å². The van der Waals surface area contributed by atoms with Crippen molar-refractivity contribution in [2.45, 2.75) is 6.54 Å². The van der Waals surface area contributed by atoms with Crippen molar-refractivity contribution in [1.82, 2.24) is 0 Å². The molecule has 0 bridgehead atoms. The van der Waals surface area contributed by atoms with Crippen molar-refractivity contribution in [3.63, 3.8) is 0 Å². The Morgan fingerprint density at radius 2 is 1.90 bits per heavy atom. The van der Waals surface area contributed by atoms with Crippen molar-refractivity contribution in [3.05, 3.63) is 51.5 Å². The zero-order valence-corrected chi connectivity index (χ0v) is 13.6. The molecule has 0 saturated heterocycles. The molecule has 0 heterocycles. The second kappa shape index (κ2) is 6.86. The normalized spacial score (nSPS) is 10.2. The lowest BCUT2D eigenvalue weighted by Crippen LogP contribution is -2.02. The zero-order chi connectivity index (χ0) is 14.5. The van der Waals surface area contributed by atoms with E-state index in [0.717, 1.165) is 27.2 Å². The molecule has 0 aliphatic heterocycles. The molecule has 0 atom stereocenters. The number of hydrogen-bond acceptors (Lipinski definition) is 3. The van der Waals surface area contributed by atoms with Crippen LogP contribution in [0.15, 0.2) is 40.9 Å². The lowest BCUT2D eigenvalue weighted by molar-refractivity contribution is 0.414. The lowest BCUT2D eigenvalue weighted by atomic mass is 10.2. The van der Waals surface area contributed by atoms with Gasteiger partial charge >= 0.3 is 0 Å². The van der Waals surface area contributed by atoms with Gasteiger partial charge in [-0.1, -0.05) is 27.5 Å². The number of ether oxygens (including phenoxy) is 2. The van der Waals surface area contributed by atoms with Crippen molar-refractivity contribution in [3.8, 4) is 11.5 Å². The van der Waals surface area contributed by atoms with Crippen LogP contribution in [0.3, 0.4) is 0 Å². The van der Waals surface area contributed by atoms with Crippen LogP contribution in [-0.2, 0) is 6.54 Å². The Hall–Kier alpha value is -1.39. The maximum Gasteiger partial charge on any atom is 0.142 e. The molecule has 0 amide bonds. The van der Waals surface area contributed by atoms with Gasteiger partial charge in [-0.15, -0.1) is 0 Å². The minimum atomic E-state index is 0.633. The first-order valence-electron chi connectivity index (χ1n) is 6.04. The van der Waals surface area contributed by atoms with Crippen molar-refractivity contribution in [2.75, 3.05) is 19.5 Å². The van der Waals surface area contributed by atoms with E-state index in [0.29, 0.717) is 11.6 Å². The minimum absolute atomic E-state index is 0.633. The molecule has 2 aromatic carbocycles. The second-order valence-corrected chi connectivity index (χ2v) is 5.45. The van der Waals surface area contributed by atoms with Crippen molar-refractivity contribution in [2.24, 2.45) is 0 Å². The summed E-state index contributed by atoms with van der Waals surface area (Å²) in [4.78, 5) is 0. The Morgan fingerprint density at radius 3 is 2.60 bits per heavy atom. The van der Waals surface area contributed by atoms with E-state index in [-0.39, 0.29) is 0 Å². The van der Waals surface area contributed by atoms with Gasteiger partial charge in [0.25, 0.3) is 0 Å². The molecule has 0 aliphatic rings. The molecule has 20 heavy (non-hydrogen) atoms. The van der Waals surface area contributed by atoms with E-state index in [9.17, 15) is 0 Å². The van der Waals surface area contributed by atoms with Crippen molar-refractivity contribution in [1.29, 1.82) is 0 Å². The summed E-state index contributed by atoms with van der Waals surface area (Å²) in [6, 6.07) is 11.3. The highest BCUT2D eigenvalue weighted by atomic mass is 79.9. The van der Waals surface area contributed by atoms with Gasteiger partial charge in [0, 0.05) is 16.0 Å². The van der Waals surface area contributed by atoms with Crippen LogP contribution in [0, 0.1) is 0 Å². The van der Waals surface area contributed by atoms with E-state index < -0.39 is 0 Å². The molecule has 0 spiro atoms. The Balaban J connectivity index is 2.18. The maximum absolute atomic E-state index is 6.01. The Kier molecular flexibility index (Phi) is 5.15. The molecule has 0 radical (unpaired) electrons. The third-order valence-corrected chi connectivity index (χ3v) is 3.89. The minimum Gasteiger partial charge on any atom is -0.497 e. The summed E-state index contributed by atoms with van der Waals surface area (Å²) in [5.74, 6) is 1.58. The quantitative estimate of drug-likeness (QED) is 0.840. The first-order valence-corrected chi connectivity index (χ1v) is 7.21. The van der Waals surface area contributed by atoms with Gasteiger partial charge in [-0.05, 0) is 42.0 Å². The molecule has 0 aromatic heterocycles. The third-order valence-electron chi connectivity index (χ3n) is 2.88. The molecule has 1 N–H and O–H groups in total. The zero-order valence-electron chi connectivity index (χ0n) is 11.2. The second-order valence-electron chi connectivity index (χ2n) is 4.16. The fraction of sp³-hybridized carbons (Fsp3) is 0.200. The van der Waals surface area contributed by atoms with Crippen LogP contribution in [0.5, 0.6) is 11.5 Å².